The Labute approximate surface area is 120 Å². The van der Waals surface area contributed by atoms with Gasteiger partial charge < -0.3 is 10.1 Å². The first-order valence-electron chi connectivity index (χ1n) is 7.38. The second-order valence-electron chi connectivity index (χ2n) is 5.39. The fourth-order valence-electron chi connectivity index (χ4n) is 3.32. The average Bonchev–Trinajstić information content (AvgIpc) is 2.53. The highest BCUT2D eigenvalue weighted by molar-refractivity contribution is 5.23. The van der Waals surface area contributed by atoms with Gasteiger partial charge >= 0.3 is 0 Å². The molecule has 2 bridgehead atoms. The maximum absolute atomic E-state index is 5.40. The van der Waals surface area contributed by atoms with Crippen LogP contribution in [-0.2, 0) is 0 Å². The zero-order valence-electron chi connectivity index (χ0n) is 12.2. The van der Waals surface area contributed by atoms with Crippen molar-refractivity contribution in [1.29, 1.82) is 0 Å². The minimum absolute atomic E-state index is 0.173. The number of methoxy groups -OCH3 is 1. The van der Waals surface area contributed by atoms with Crippen LogP contribution >= 0.6 is 0 Å². The highest BCUT2D eigenvalue weighted by Gasteiger charge is 2.38. The van der Waals surface area contributed by atoms with E-state index in [0.717, 1.165) is 31.9 Å². The van der Waals surface area contributed by atoms with Gasteiger partial charge in [-0.25, -0.2) is 4.98 Å². The molecule has 3 aliphatic rings. The molecule has 0 spiro atoms. The molecule has 0 radical (unpaired) electrons. The molecule has 110 valence electrons. The van der Waals surface area contributed by atoms with Crippen LogP contribution in [0.2, 0.25) is 0 Å². The van der Waals surface area contributed by atoms with Crippen molar-refractivity contribution >= 4 is 0 Å². The van der Waals surface area contributed by atoms with Gasteiger partial charge in [0.2, 0.25) is 5.88 Å². The molecule has 2 unspecified atom stereocenters. The van der Waals surface area contributed by atoms with Crippen LogP contribution in [0.5, 0.6) is 5.88 Å². The molecule has 0 saturated carbocycles. The summed E-state index contributed by atoms with van der Waals surface area (Å²) < 4.78 is 5.40. The Bertz CT molecular complexity index is 447. The monoisotopic (exact) mass is 277 g/mol. The Hall–Kier alpha value is -1.24. The third-order valence-corrected chi connectivity index (χ3v) is 4.31. The molecule has 1 aromatic heterocycles. The van der Waals surface area contributed by atoms with Gasteiger partial charge in [0.1, 0.15) is 5.69 Å². The van der Waals surface area contributed by atoms with Gasteiger partial charge in [0, 0.05) is 51.2 Å². The van der Waals surface area contributed by atoms with E-state index in [1.54, 1.807) is 19.5 Å². The Morgan fingerprint density at radius 1 is 1.30 bits per heavy atom. The summed E-state index contributed by atoms with van der Waals surface area (Å²) in [5, 5.41) is 3.58. The van der Waals surface area contributed by atoms with Crippen LogP contribution in [-0.4, -0.2) is 72.2 Å². The number of likely N-dealkylation sites (N-methyl/N-ethyl adjacent to an activating group) is 1. The van der Waals surface area contributed by atoms with Gasteiger partial charge in [-0.2, -0.15) is 0 Å². The first-order chi connectivity index (χ1) is 9.83. The summed E-state index contributed by atoms with van der Waals surface area (Å²) in [6, 6.07) is 0.620. The zero-order valence-corrected chi connectivity index (χ0v) is 12.2. The van der Waals surface area contributed by atoms with Crippen molar-refractivity contribution in [1.82, 2.24) is 25.1 Å². The molecule has 6 heteroatoms. The molecular formula is C14H23N5O. The van der Waals surface area contributed by atoms with E-state index in [-0.39, 0.29) is 6.04 Å². The molecular weight excluding hydrogens is 254 g/mol. The van der Waals surface area contributed by atoms with Crippen molar-refractivity contribution in [3.63, 3.8) is 0 Å². The van der Waals surface area contributed by atoms with Crippen molar-refractivity contribution in [2.24, 2.45) is 0 Å². The predicted octanol–water partition coefficient (Wildman–Crippen LogP) is 0.136. The van der Waals surface area contributed by atoms with Crippen molar-refractivity contribution in [2.45, 2.75) is 19.0 Å². The van der Waals surface area contributed by atoms with E-state index in [9.17, 15) is 0 Å². The van der Waals surface area contributed by atoms with E-state index >= 15 is 0 Å². The number of nitrogens with one attached hydrogen (secondary N) is 1. The summed E-state index contributed by atoms with van der Waals surface area (Å²) in [5.74, 6) is 0.635. The highest BCUT2D eigenvalue weighted by Crippen LogP contribution is 2.29. The largest absolute Gasteiger partial charge is 0.480 e. The van der Waals surface area contributed by atoms with Crippen molar-refractivity contribution in [3.8, 4) is 5.88 Å². The molecule has 0 aromatic carbocycles. The number of nitrogens with zero attached hydrogens (tertiary/aromatic N) is 4. The molecule has 6 nitrogen and oxygen atoms in total. The predicted molar refractivity (Wildman–Crippen MR) is 76.8 cm³/mol. The van der Waals surface area contributed by atoms with Gasteiger partial charge in [0.25, 0.3) is 0 Å². The highest BCUT2D eigenvalue weighted by atomic mass is 16.5. The minimum Gasteiger partial charge on any atom is -0.480 e. The van der Waals surface area contributed by atoms with Gasteiger partial charge in [0.05, 0.1) is 13.2 Å². The van der Waals surface area contributed by atoms with Gasteiger partial charge in [0.15, 0.2) is 0 Å². The van der Waals surface area contributed by atoms with E-state index in [1.807, 2.05) is 0 Å². The topological polar surface area (TPSA) is 53.5 Å². The maximum Gasteiger partial charge on any atom is 0.237 e. The standard InChI is InChI=1S/C14H23N5O/c1-3-15-12(13-14(20-2)17-5-4-16-13)11-10-18-6-8-19(11)9-7-18/h4-5,11-12,15H,3,6-10H2,1-2H3. The van der Waals surface area contributed by atoms with Crippen molar-refractivity contribution in [2.75, 3.05) is 46.4 Å². The maximum atomic E-state index is 5.40. The first kappa shape index (κ1) is 13.7. The van der Waals surface area contributed by atoms with Crippen molar-refractivity contribution in [3.05, 3.63) is 18.1 Å². The van der Waals surface area contributed by atoms with Gasteiger partial charge in [-0.3, -0.25) is 14.8 Å². The molecule has 2 atom stereocenters. The van der Waals surface area contributed by atoms with Gasteiger partial charge in [-0.1, -0.05) is 6.92 Å². The Morgan fingerprint density at radius 3 is 2.65 bits per heavy atom. The summed E-state index contributed by atoms with van der Waals surface area (Å²) in [7, 11) is 1.66. The Kier molecular flexibility index (Phi) is 4.14. The van der Waals surface area contributed by atoms with Crippen LogP contribution in [0.15, 0.2) is 12.4 Å². The normalized spacial score (nSPS) is 30.2. The number of ether oxygens (including phenoxy) is 1. The molecule has 0 amide bonds. The molecule has 1 aromatic rings. The summed E-state index contributed by atoms with van der Waals surface area (Å²) in [4.78, 5) is 13.9. The third kappa shape index (κ3) is 2.51. The lowest BCUT2D eigenvalue weighted by molar-refractivity contribution is -0.00450. The quantitative estimate of drug-likeness (QED) is 0.826. The number of aromatic nitrogens is 2. The van der Waals surface area contributed by atoms with Crippen molar-refractivity contribution < 1.29 is 4.74 Å². The van der Waals surface area contributed by atoms with Crippen LogP contribution in [0.1, 0.15) is 18.7 Å². The summed E-state index contributed by atoms with van der Waals surface area (Å²) in [5.41, 5.74) is 0.926. The van der Waals surface area contributed by atoms with Crippen LogP contribution < -0.4 is 10.1 Å². The lowest BCUT2D eigenvalue weighted by Crippen LogP contribution is -2.64. The van der Waals surface area contributed by atoms with E-state index in [0.29, 0.717) is 11.9 Å². The Balaban J connectivity index is 1.88. The van der Waals surface area contributed by atoms with Crippen LogP contribution in [0.4, 0.5) is 0 Å². The molecule has 3 fully saturated rings. The molecule has 1 N–H and O–H groups in total. The second kappa shape index (κ2) is 6.03. The zero-order chi connectivity index (χ0) is 13.9. The summed E-state index contributed by atoms with van der Waals surface area (Å²) in [6.45, 7) is 8.81. The van der Waals surface area contributed by atoms with E-state index in [4.69, 9.17) is 4.74 Å². The molecule has 20 heavy (non-hydrogen) atoms. The van der Waals surface area contributed by atoms with E-state index in [1.165, 1.54) is 13.1 Å². The average molecular weight is 277 g/mol. The fraction of sp³-hybridized carbons (Fsp3) is 0.714. The van der Waals surface area contributed by atoms with Crippen LogP contribution in [0, 0.1) is 0 Å². The Morgan fingerprint density at radius 2 is 2.05 bits per heavy atom. The minimum atomic E-state index is 0.173. The summed E-state index contributed by atoms with van der Waals surface area (Å²) in [6.07, 6.45) is 3.43. The smallest absolute Gasteiger partial charge is 0.237 e. The summed E-state index contributed by atoms with van der Waals surface area (Å²) >= 11 is 0. The fourth-order valence-corrected chi connectivity index (χ4v) is 3.32. The number of hydrogen-bond donors (Lipinski definition) is 1. The molecule has 3 aliphatic heterocycles. The molecule has 0 aliphatic carbocycles. The van der Waals surface area contributed by atoms with Crippen LogP contribution in [0.25, 0.3) is 0 Å². The first-order valence-corrected chi connectivity index (χ1v) is 7.38. The van der Waals surface area contributed by atoms with Gasteiger partial charge in [-0.05, 0) is 6.54 Å². The number of hydrogen-bond acceptors (Lipinski definition) is 6. The second-order valence-corrected chi connectivity index (χ2v) is 5.39. The molecule has 4 rings (SSSR count). The number of fused-ring (bicyclic) bond motifs is 3. The SMILES string of the molecule is CCNC(c1nccnc1OC)C1CN2CCN1CC2. The lowest BCUT2D eigenvalue weighted by Gasteiger charge is -2.50. The number of rotatable bonds is 5. The van der Waals surface area contributed by atoms with Crippen LogP contribution in [0.3, 0.4) is 0 Å². The third-order valence-electron chi connectivity index (χ3n) is 4.31. The van der Waals surface area contributed by atoms with E-state index < -0.39 is 0 Å². The van der Waals surface area contributed by atoms with E-state index in [2.05, 4.69) is 32.0 Å². The lowest BCUT2D eigenvalue weighted by atomic mass is 9.97. The molecule has 3 saturated heterocycles. The number of piperazine rings is 3. The van der Waals surface area contributed by atoms with Gasteiger partial charge in [-0.15, -0.1) is 0 Å². The molecule has 4 heterocycles.